The molecule has 1 aliphatic rings. The van der Waals surface area contributed by atoms with Gasteiger partial charge in [0.05, 0.1) is 25.4 Å². The van der Waals surface area contributed by atoms with Crippen molar-refractivity contribution in [2.75, 3.05) is 0 Å². The van der Waals surface area contributed by atoms with Gasteiger partial charge < -0.3 is 14.3 Å². The Hall–Kier alpha value is -2.81. The van der Waals surface area contributed by atoms with Gasteiger partial charge in [-0.15, -0.1) is 11.3 Å². The Morgan fingerprint density at radius 2 is 2.00 bits per heavy atom. The standard InChI is InChI=1S/C27H29N3O3S2/c31-25-13-10-20-16-22(11-12-24(20)28-25)35-29-26(19-6-2-1-3-7-19)27(32)30(17-21-8-4-14-33-21)18-23-9-5-15-34-23/h4-5,8-16,19,26,29H,1-3,6-7,17-18H2,(H,28,31). The molecule has 6 nitrogen and oxygen atoms in total. The molecular formula is C27H29N3O3S2. The van der Waals surface area contributed by atoms with E-state index in [2.05, 4.69) is 15.8 Å². The fourth-order valence-electron chi connectivity index (χ4n) is 4.73. The largest absolute Gasteiger partial charge is 0.467 e. The molecule has 1 aliphatic carbocycles. The van der Waals surface area contributed by atoms with Gasteiger partial charge >= 0.3 is 0 Å². The number of fused-ring (bicyclic) bond motifs is 1. The Kier molecular flexibility index (Phi) is 7.71. The number of nitrogens with one attached hydrogen (secondary N) is 2. The van der Waals surface area contributed by atoms with Gasteiger partial charge in [0.15, 0.2) is 0 Å². The molecule has 1 unspecified atom stereocenters. The number of aromatic amines is 1. The predicted octanol–water partition coefficient (Wildman–Crippen LogP) is 5.96. The van der Waals surface area contributed by atoms with Gasteiger partial charge in [0.1, 0.15) is 5.76 Å². The van der Waals surface area contributed by atoms with E-state index in [1.54, 1.807) is 17.6 Å². The summed E-state index contributed by atoms with van der Waals surface area (Å²) >= 11 is 3.16. The number of thiophene rings is 1. The molecule has 35 heavy (non-hydrogen) atoms. The molecule has 8 heteroatoms. The highest BCUT2D eigenvalue weighted by Crippen LogP contribution is 2.31. The number of pyridine rings is 1. The monoisotopic (exact) mass is 507 g/mol. The first-order valence-electron chi connectivity index (χ1n) is 12.0. The van der Waals surface area contributed by atoms with E-state index >= 15 is 0 Å². The van der Waals surface area contributed by atoms with Crippen LogP contribution in [0, 0.1) is 5.92 Å². The molecule has 182 valence electrons. The van der Waals surface area contributed by atoms with E-state index in [0.717, 1.165) is 52.1 Å². The van der Waals surface area contributed by atoms with Gasteiger partial charge in [-0.2, -0.15) is 0 Å². The number of furan rings is 1. The molecule has 5 rings (SSSR count). The van der Waals surface area contributed by atoms with Gasteiger partial charge in [0.2, 0.25) is 11.5 Å². The maximum Gasteiger partial charge on any atom is 0.248 e. The molecule has 1 aromatic carbocycles. The van der Waals surface area contributed by atoms with E-state index in [1.165, 1.54) is 24.4 Å². The Labute approximate surface area is 212 Å². The highest BCUT2D eigenvalue weighted by atomic mass is 32.2. The van der Waals surface area contributed by atoms with Crippen LogP contribution in [0.25, 0.3) is 10.9 Å². The van der Waals surface area contributed by atoms with Crippen molar-refractivity contribution in [1.82, 2.24) is 14.6 Å². The first-order chi connectivity index (χ1) is 17.2. The lowest BCUT2D eigenvalue weighted by atomic mass is 9.83. The fourth-order valence-corrected chi connectivity index (χ4v) is 6.33. The molecule has 1 fully saturated rings. The van der Waals surface area contributed by atoms with E-state index in [-0.39, 0.29) is 17.5 Å². The van der Waals surface area contributed by atoms with Crippen LogP contribution in [0.15, 0.2) is 80.3 Å². The Bertz CT molecular complexity index is 1260. The number of hydrogen-bond donors (Lipinski definition) is 2. The van der Waals surface area contributed by atoms with E-state index in [0.29, 0.717) is 19.0 Å². The smallest absolute Gasteiger partial charge is 0.248 e. The van der Waals surface area contributed by atoms with Crippen LogP contribution in [0.3, 0.4) is 0 Å². The van der Waals surface area contributed by atoms with Crippen LogP contribution in [-0.2, 0) is 17.9 Å². The summed E-state index contributed by atoms with van der Waals surface area (Å²) in [4.78, 5) is 32.6. The third kappa shape index (κ3) is 6.07. The van der Waals surface area contributed by atoms with Crippen molar-refractivity contribution < 1.29 is 9.21 Å². The van der Waals surface area contributed by atoms with E-state index < -0.39 is 0 Å². The van der Waals surface area contributed by atoms with Crippen LogP contribution in [-0.4, -0.2) is 21.8 Å². The second kappa shape index (κ2) is 11.3. The first-order valence-corrected chi connectivity index (χ1v) is 13.7. The summed E-state index contributed by atoms with van der Waals surface area (Å²) < 4.78 is 9.14. The molecule has 3 aromatic heterocycles. The summed E-state index contributed by atoms with van der Waals surface area (Å²) in [5.74, 6) is 1.19. The third-order valence-electron chi connectivity index (χ3n) is 6.55. The minimum Gasteiger partial charge on any atom is -0.467 e. The summed E-state index contributed by atoms with van der Waals surface area (Å²) in [6.45, 7) is 1.01. The maximum absolute atomic E-state index is 14.0. The number of nitrogens with zero attached hydrogens (tertiary/aromatic N) is 1. The van der Waals surface area contributed by atoms with Crippen LogP contribution in [0.5, 0.6) is 0 Å². The average Bonchev–Trinajstić information content (AvgIpc) is 3.59. The fraction of sp³-hybridized carbons (Fsp3) is 0.333. The minimum atomic E-state index is -0.290. The zero-order valence-electron chi connectivity index (χ0n) is 19.4. The van der Waals surface area contributed by atoms with E-state index in [1.807, 2.05) is 52.7 Å². The second-order valence-corrected chi connectivity index (χ2v) is 11.0. The van der Waals surface area contributed by atoms with Crippen LogP contribution in [0.2, 0.25) is 0 Å². The van der Waals surface area contributed by atoms with E-state index in [9.17, 15) is 9.59 Å². The van der Waals surface area contributed by atoms with Gasteiger partial charge in [-0.3, -0.25) is 9.59 Å². The van der Waals surface area contributed by atoms with Gasteiger partial charge in [0, 0.05) is 21.4 Å². The Morgan fingerprint density at radius 1 is 1.11 bits per heavy atom. The zero-order chi connectivity index (χ0) is 24.0. The van der Waals surface area contributed by atoms with Crippen molar-refractivity contribution in [2.24, 2.45) is 5.92 Å². The molecule has 0 bridgehead atoms. The molecule has 0 spiro atoms. The van der Waals surface area contributed by atoms with Gasteiger partial charge in [0.25, 0.3) is 0 Å². The summed E-state index contributed by atoms with van der Waals surface area (Å²) in [5, 5.41) is 3.01. The first kappa shape index (κ1) is 23.9. The molecule has 2 N–H and O–H groups in total. The van der Waals surface area contributed by atoms with Crippen molar-refractivity contribution in [2.45, 2.75) is 56.1 Å². The molecule has 1 amide bonds. The summed E-state index contributed by atoms with van der Waals surface area (Å²) in [6.07, 6.45) is 7.31. The summed E-state index contributed by atoms with van der Waals surface area (Å²) in [7, 11) is 0. The van der Waals surface area contributed by atoms with Crippen molar-refractivity contribution in [1.29, 1.82) is 0 Å². The number of carbonyl (C=O) groups excluding carboxylic acids is 1. The zero-order valence-corrected chi connectivity index (χ0v) is 21.1. The molecule has 1 saturated carbocycles. The number of benzene rings is 1. The average molecular weight is 508 g/mol. The minimum absolute atomic E-state index is 0.110. The topological polar surface area (TPSA) is 78.3 Å². The van der Waals surface area contributed by atoms with Gasteiger partial charge in [-0.1, -0.05) is 25.3 Å². The number of amides is 1. The van der Waals surface area contributed by atoms with Crippen LogP contribution < -0.4 is 10.3 Å². The normalized spacial score (nSPS) is 15.3. The van der Waals surface area contributed by atoms with Crippen molar-refractivity contribution in [3.05, 3.63) is 87.2 Å². The molecule has 3 heterocycles. The van der Waals surface area contributed by atoms with Crippen molar-refractivity contribution in [3.63, 3.8) is 0 Å². The van der Waals surface area contributed by atoms with Crippen LogP contribution in [0.1, 0.15) is 42.7 Å². The van der Waals surface area contributed by atoms with E-state index in [4.69, 9.17) is 4.42 Å². The number of H-pyrrole nitrogens is 1. The lowest BCUT2D eigenvalue weighted by Crippen LogP contribution is -2.48. The van der Waals surface area contributed by atoms with Crippen LogP contribution >= 0.6 is 23.3 Å². The SMILES string of the molecule is O=C(C(NSc1ccc2[nH]c(=O)ccc2c1)C1CCCCC1)N(Cc1ccco1)Cc1cccs1. The molecule has 1 atom stereocenters. The number of carbonyl (C=O) groups is 1. The Morgan fingerprint density at radius 3 is 2.77 bits per heavy atom. The number of aromatic nitrogens is 1. The van der Waals surface area contributed by atoms with Gasteiger partial charge in [-0.05, 0) is 83.9 Å². The molecule has 4 aromatic rings. The van der Waals surface area contributed by atoms with Crippen molar-refractivity contribution >= 4 is 40.1 Å². The maximum atomic E-state index is 14.0. The highest BCUT2D eigenvalue weighted by molar-refractivity contribution is 7.97. The van der Waals surface area contributed by atoms with Gasteiger partial charge in [-0.25, -0.2) is 4.72 Å². The van der Waals surface area contributed by atoms with Crippen LogP contribution in [0.4, 0.5) is 0 Å². The summed E-state index contributed by atoms with van der Waals surface area (Å²) in [6, 6.07) is 16.9. The molecule has 0 saturated heterocycles. The lowest BCUT2D eigenvalue weighted by Gasteiger charge is -2.33. The number of hydrogen-bond acceptors (Lipinski definition) is 6. The molecule has 0 aliphatic heterocycles. The van der Waals surface area contributed by atoms with Crippen molar-refractivity contribution in [3.8, 4) is 0 Å². The third-order valence-corrected chi connectivity index (χ3v) is 8.27. The summed E-state index contributed by atoms with van der Waals surface area (Å²) in [5.41, 5.74) is 0.698. The number of rotatable bonds is 9. The lowest BCUT2D eigenvalue weighted by molar-refractivity contribution is -0.136. The Balaban J connectivity index is 1.37. The molecule has 0 radical (unpaired) electrons. The molecular weight excluding hydrogens is 478 g/mol. The predicted molar refractivity (Wildman–Crippen MR) is 141 cm³/mol. The highest BCUT2D eigenvalue weighted by Gasteiger charge is 2.33. The quantitative estimate of drug-likeness (QED) is 0.274. The second-order valence-electron chi connectivity index (χ2n) is 9.02.